The predicted molar refractivity (Wildman–Crippen MR) is 125 cm³/mol. The van der Waals surface area contributed by atoms with Gasteiger partial charge < -0.3 is 10.1 Å². The van der Waals surface area contributed by atoms with Gasteiger partial charge in [0.2, 0.25) is 20.0 Å². The van der Waals surface area contributed by atoms with Crippen molar-refractivity contribution in [2.75, 3.05) is 26.0 Å². The van der Waals surface area contributed by atoms with Gasteiger partial charge in [-0.3, -0.25) is 4.79 Å². The topological polar surface area (TPSA) is 122 Å². The molecule has 180 valence electrons. The first-order valence-corrected chi connectivity index (χ1v) is 13.6. The molecule has 0 spiro atoms. The average Bonchev–Trinajstić information content (AvgIpc) is 3.27. The Morgan fingerprint density at radius 1 is 1.06 bits per heavy atom. The van der Waals surface area contributed by atoms with E-state index in [1.165, 1.54) is 56.6 Å². The Balaban J connectivity index is 1.85. The number of anilines is 1. The largest absolute Gasteiger partial charge is 0.492 e. The number of nitrogens with zero attached hydrogens (tertiary/aromatic N) is 1. The molecule has 33 heavy (non-hydrogen) atoms. The molecule has 0 bridgehead atoms. The zero-order chi connectivity index (χ0) is 24.2. The Labute approximate surface area is 195 Å². The van der Waals surface area contributed by atoms with Crippen LogP contribution >= 0.6 is 0 Å². The van der Waals surface area contributed by atoms with Crippen LogP contribution in [0.25, 0.3) is 0 Å². The van der Waals surface area contributed by atoms with E-state index >= 15 is 0 Å². The van der Waals surface area contributed by atoms with Crippen molar-refractivity contribution >= 4 is 31.6 Å². The Morgan fingerprint density at radius 2 is 1.76 bits per heavy atom. The summed E-state index contributed by atoms with van der Waals surface area (Å²) in [4.78, 5) is 12.8. The molecular formula is C22H29N3O6S2. The van der Waals surface area contributed by atoms with Crippen LogP contribution < -0.4 is 14.8 Å². The van der Waals surface area contributed by atoms with E-state index < -0.39 is 26.0 Å². The molecule has 0 atom stereocenters. The Morgan fingerprint density at radius 3 is 2.39 bits per heavy atom. The lowest BCUT2D eigenvalue weighted by molar-refractivity contribution is 0.102. The highest BCUT2D eigenvalue weighted by Crippen LogP contribution is 2.29. The summed E-state index contributed by atoms with van der Waals surface area (Å²) < 4.78 is 60.0. The van der Waals surface area contributed by atoms with Gasteiger partial charge in [-0.15, -0.1) is 0 Å². The maximum Gasteiger partial charge on any atom is 0.255 e. The minimum Gasteiger partial charge on any atom is -0.492 e. The van der Waals surface area contributed by atoms with Crippen molar-refractivity contribution in [3.63, 3.8) is 0 Å². The fraction of sp³-hybridized carbons (Fsp3) is 0.409. The van der Waals surface area contributed by atoms with Gasteiger partial charge >= 0.3 is 0 Å². The molecule has 0 heterocycles. The number of rotatable bonds is 9. The third-order valence-electron chi connectivity index (χ3n) is 5.34. The van der Waals surface area contributed by atoms with Crippen molar-refractivity contribution in [3.8, 4) is 5.75 Å². The zero-order valence-corrected chi connectivity index (χ0v) is 20.5. The van der Waals surface area contributed by atoms with Crippen LogP contribution in [0, 0.1) is 0 Å². The molecule has 1 amide bonds. The third-order valence-corrected chi connectivity index (χ3v) is 8.70. The number of amides is 1. The summed E-state index contributed by atoms with van der Waals surface area (Å²) in [7, 11) is -4.76. The van der Waals surface area contributed by atoms with Crippen LogP contribution in [0.1, 0.15) is 43.0 Å². The molecule has 1 fully saturated rings. The zero-order valence-electron chi connectivity index (χ0n) is 18.9. The standard InChI is InChI=1S/C22H29N3O6S2/c1-4-31-20-13-12-18(15-21(20)33(29,30)25(2)3)23-22(26)16-8-7-11-19(14-16)32(27,28)24-17-9-5-6-10-17/h7-8,11-15,17,24H,4-6,9-10H2,1-3H3,(H,23,26). The van der Waals surface area contributed by atoms with Crippen LogP contribution in [0.5, 0.6) is 5.75 Å². The van der Waals surface area contributed by atoms with E-state index in [-0.39, 0.29) is 39.4 Å². The summed E-state index contributed by atoms with van der Waals surface area (Å²) in [5, 5.41) is 2.64. The monoisotopic (exact) mass is 495 g/mol. The summed E-state index contributed by atoms with van der Waals surface area (Å²) in [6, 6.07) is 9.97. The lowest BCUT2D eigenvalue weighted by Gasteiger charge is -2.17. The first-order chi connectivity index (χ1) is 15.5. The highest BCUT2D eigenvalue weighted by atomic mass is 32.2. The number of sulfonamides is 2. The SMILES string of the molecule is CCOc1ccc(NC(=O)c2cccc(S(=O)(=O)NC3CCCC3)c2)cc1S(=O)(=O)N(C)C. The number of benzene rings is 2. The van der Waals surface area contributed by atoms with E-state index in [1.807, 2.05) is 0 Å². The lowest BCUT2D eigenvalue weighted by Crippen LogP contribution is -2.32. The minimum atomic E-state index is -3.82. The summed E-state index contributed by atoms with van der Waals surface area (Å²) in [5.41, 5.74) is 0.372. The molecule has 0 radical (unpaired) electrons. The van der Waals surface area contributed by atoms with Crippen molar-refractivity contribution in [1.82, 2.24) is 9.03 Å². The molecule has 0 unspecified atom stereocenters. The molecule has 0 aromatic heterocycles. The van der Waals surface area contributed by atoms with Gasteiger partial charge in [0.15, 0.2) is 0 Å². The molecule has 2 aromatic rings. The Hall–Kier alpha value is -2.47. The van der Waals surface area contributed by atoms with Gasteiger partial charge in [-0.1, -0.05) is 18.9 Å². The van der Waals surface area contributed by atoms with E-state index in [0.717, 1.165) is 30.0 Å². The van der Waals surface area contributed by atoms with Crippen molar-refractivity contribution in [2.24, 2.45) is 0 Å². The van der Waals surface area contributed by atoms with E-state index in [4.69, 9.17) is 4.74 Å². The van der Waals surface area contributed by atoms with Crippen molar-refractivity contribution in [1.29, 1.82) is 0 Å². The fourth-order valence-corrected chi connectivity index (χ4v) is 6.00. The number of carbonyl (C=O) groups excluding carboxylic acids is 1. The van der Waals surface area contributed by atoms with Gasteiger partial charge in [-0.2, -0.15) is 0 Å². The van der Waals surface area contributed by atoms with Gasteiger partial charge in [0, 0.05) is 31.4 Å². The third kappa shape index (κ3) is 5.91. The lowest BCUT2D eigenvalue weighted by atomic mass is 10.2. The highest BCUT2D eigenvalue weighted by molar-refractivity contribution is 7.89. The van der Waals surface area contributed by atoms with Gasteiger partial charge in [0.25, 0.3) is 5.91 Å². The van der Waals surface area contributed by atoms with Crippen LogP contribution in [0.3, 0.4) is 0 Å². The van der Waals surface area contributed by atoms with Crippen molar-refractivity contribution in [2.45, 2.75) is 48.4 Å². The number of ether oxygens (including phenoxy) is 1. The van der Waals surface area contributed by atoms with Crippen LogP contribution in [-0.4, -0.2) is 53.8 Å². The number of nitrogens with one attached hydrogen (secondary N) is 2. The smallest absolute Gasteiger partial charge is 0.255 e. The molecule has 11 heteroatoms. The first kappa shape index (κ1) is 25.2. The summed E-state index contributed by atoms with van der Waals surface area (Å²) >= 11 is 0. The molecule has 0 aliphatic heterocycles. The molecule has 9 nitrogen and oxygen atoms in total. The van der Waals surface area contributed by atoms with E-state index in [1.54, 1.807) is 6.92 Å². The molecule has 0 saturated heterocycles. The molecule has 3 rings (SSSR count). The summed E-state index contributed by atoms with van der Waals surface area (Å²) in [6.07, 6.45) is 3.58. The van der Waals surface area contributed by atoms with Crippen molar-refractivity contribution in [3.05, 3.63) is 48.0 Å². The van der Waals surface area contributed by atoms with Crippen LogP contribution in [0.15, 0.2) is 52.3 Å². The van der Waals surface area contributed by atoms with Gasteiger partial charge in [-0.05, 0) is 56.2 Å². The molecule has 1 saturated carbocycles. The first-order valence-electron chi connectivity index (χ1n) is 10.7. The molecule has 1 aliphatic rings. The Kier molecular flexibility index (Phi) is 7.78. The summed E-state index contributed by atoms with van der Waals surface area (Å²) in [5.74, 6) is -0.388. The van der Waals surface area contributed by atoms with Crippen molar-refractivity contribution < 1.29 is 26.4 Å². The predicted octanol–water partition coefficient (Wildman–Crippen LogP) is 2.81. The quantitative estimate of drug-likeness (QED) is 0.552. The molecule has 1 aliphatic carbocycles. The van der Waals surface area contributed by atoms with Crippen LogP contribution in [0.2, 0.25) is 0 Å². The second kappa shape index (κ2) is 10.2. The fourth-order valence-electron chi connectivity index (χ4n) is 3.60. The Bertz CT molecular complexity index is 1220. The van der Waals surface area contributed by atoms with Gasteiger partial charge in [0.1, 0.15) is 10.6 Å². The second-order valence-corrected chi connectivity index (χ2v) is 11.8. The maximum atomic E-state index is 12.8. The van der Waals surface area contributed by atoms with Crippen LogP contribution in [-0.2, 0) is 20.0 Å². The molecule has 2 N–H and O–H groups in total. The normalized spacial score (nSPS) is 15.0. The number of hydrogen-bond donors (Lipinski definition) is 2. The number of carbonyl (C=O) groups is 1. The van der Waals surface area contributed by atoms with Gasteiger partial charge in [-0.25, -0.2) is 25.9 Å². The van der Waals surface area contributed by atoms with E-state index in [9.17, 15) is 21.6 Å². The number of hydrogen-bond acceptors (Lipinski definition) is 6. The second-order valence-electron chi connectivity index (χ2n) is 7.97. The maximum absolute atomic E-state index is 12.8. The molecule has 2 aromatic carbocycles. The van der Waals surface area contributed by atoms with E-state index in [2.05, 4.69) is 10.0 Å². The minimum absolute atomic E-state index is 0.00428. The van der Waals surface area contributed by atoms with E-state index in [0.29, 0.717) is 0 Å². The average molecular weight is 496 g/mol. The summed E-state index contributed by atoms with van der Waals surface area (Å²) in [6.45, 7) is 2.02. The van der Waals surface area contributed by atoms with Crippen LogP contribution in [0.4, 0.5) is 5.69 Å². The molecular weight excluding hydrogens is 466 g/mol. The highest BCUT2D eigenvalue weighted by Gasteiger charge is 2.25. The van der Waals surface area contributed by atoms with Gasteiger partial charge in [0.05, 0.1) is 11.5 Å².